The minimum absolute atomic E-state index is 0.0406. The molecule has 84 valence electrons. The molecule has 2 rings (SSSR count). The van der Waals surface area contributed by atoms with E-state index in [2.05, 4.69) is 24.4 Å². The number of hydrogen-bond acceptors (Lipinski definition) is 2. The Bertz CT molecular complexity index is 281. The number of aliphatic hydroxyl groups is 1. The number of thiophene rings is 1. The highest BCUT2D eigenvalue weighted by molar-refractivity contribution is 7.09. The molecule has 0 bridgehead atoms. The molecule has 3 atom stereocenters. The molecule has 1 nitrogen and oxygen atoms in total. The molecule has 0 aliphatic heterocycles. The summed E-state index contributed by atoms with van der Waals surface area (Å²) in [5, 5.41) is 12.1. The van der Waals surface area contributed by atoms with Crippen molar-refractivity contribution in [3.05, 3.63) is 22.4 Å². The molecule has 2 heteroatoms. The van der Waals surface area contributed by atoms with Gasteiger partial charge in [0.05, 0.1) is 6.10 Å². The van der Waals surface area contributed by atoms with Crippen molar-refractivity contribution in [1.29, 1.82) is 0 Å². The van der Waals surface area contributed by atoms with Gasteiger partial charge in [0.25, 0.3) is 0 Å². The minimum Gasteiger partial charge on any atom is -0.393 e. The molecule has 1 saturated carbocycles. The van der Waals surface area contributed by atoms with Gasteiger partial charge in [-0.1, -0.05) is 13.0 Å². The number of hydrogen-bond donors (Lipinski definition) is 1. The molecular weight excluding hydrogens is 204 g/mol. The second kappa shape index (κ2) is 5.13. The molecule has 0 spiro atoms. The van der Waals surface area contributed by atoms with E-state index in [1.165, 1.54) is 17.7 Å². The lowest BCUT2D eigenvalue weighted by molar-refractivity contribution is 0.0477. The van der Waals surface area contributed by atoms with E-state index in [4.69, 9.17) is 0 Å². The lowest BCUT2D eigenvalue weighted by Gasteiger charge is -2.31. The van der Waals surface area contributed by atoms with Gasteiger partial charge >= 0.3 is 0 Å². The van der Waals surface area contributed by atoms with Gasteiger partial charge in [0.15, 0.2) is 0 Å². The van der Waals surface area contributed by atoms with Gasteiger partial charge in [0, 0.05) is 4.88 Å². The number of aryl methyl sites for hydroxylation is 1. The predicted molar refractivity (Wildman–Crippen MR) is 65.2 cm³/mol. The van der Waals surface area contributed by atoms with E-state index < -0.39 is 0 Å². The summed E-state index contributed by atoms with van der Waals surface area (Å²) >= 11 is 1.83. The van der Waals surface area contributed by atoms with Crippen LogP contribution in [0.2, 0.25) is 0 Å². The monoisotopic (exact) mass is 224 g/mol. The Kier molecular flexibility index (Phi) is 3.81. The zero-order valence-electron chi connectivity index (χ0n) is 9.36. The van der Waals surface area contributed by atoms with Gasteiger partial charge in [0.1, 0.15) is 0 Å². The van der Waals surface area contributed by atoms with Crippen LogP contribution in [0.25, 0.3) is 0 Å². The fourth-order valence-electron chi connectivity index (χ4n) is 2.58. The molecule has 1 aliphatic carbocycles. The Morgan fingerprint density at radius 2 is 2.33 bits per heavy atom. The van der Waals surface area contributed by atoms with Crippen LogP contribution in [0.3, 0.4) is 0 Å². The van der Waals surface area contributed by atoms with Gasteiger partial charge in [-0.3, -0.25) is 0 Å². The van der Waals surface area contributed by atoms with E-state index in [-0.39, 0.29) is 6.10 Å². The molecule has 1 N–H and O–H groups in total. The van der Waals surface area contributed by atoms with E-state index in [0.717, 1.165) is 25.2 Å². The third-order valence-corrected chi connectivity index (χ3v) is 4.48. The number of rotatable bonds is 3. The quantitative estimate of drug-likeness (QED) is 0.833. The van der Waals surface area contributed by atoms with Crippen molar-refractivity contribution in [2.75, 3.05) is 0 Å². The number of aliphatic hydroxyl groups excluding tert-OH is 1. The fourth-order valence-corrected chi connectivity index (χ4v) is 3.30. The Labute approximate surface area is 96.1 Å². The predicted octanol–water partition coefficient (Wildman–Crippen LogP) is 3.48. The molecular formula is C13H20OS. The molecule has 0 radical (unpaired) electrons. The molecule has 1 aromatic heterocycles. The third-order valence-electron chi connectivity index (χ3n) is 3.55. The van der Waals surface area contributed by atoms with Crippen LogP contribution in [0, 0.1) is 11.8 Å². The summed E-state index contributed by atoms with van der Waals surface area (Å²) in [7, 11) is 0. The van der Waals surface area contributed by atoms with Gasteiger partial charge in [-0.2, -0.15) is 0 Å². The van der Waals surface area contributed by atoms with Crippen molar-refractivity contribution in [3.8, 4) is 0 Å². The van der Waals surface area contributed by atoms with Crippen molar-refractivity contribution >= 4 is 11.3 Å². The fraction of sp³-hybridized carbons (Fsp3) is 0.692. The van der Waals surface area contributed by atoms with Gasteiger partial charge in [-0.15, -0.1) is 11.3 Å². The summed E-state index contributed by atoms with van der Waals surface area (Å²) in [4.78, 5) is 1.46. The molecule has 0 saturated heterocycles. The summed E-state index contributed by atoms with van der Waals surface area (Å²) in [6.45, 7) is 2.31. The molecule has 15 heavy (non-hydrogen) atoms. The van der Waals surface area contributed by atoms with E-state index in [1.54, 1.807) is 0 Å². The van der Waals surface area contributed by atoms with E-state index in [1.807, 2.05) is 11.3 Å². The smallest absolute Gasteiger partial charge is 0.0568 e. The Hall–Kier alpha value is -0.340. The standard InChI is InChI=1S/C13H20OS/c1-10-4-7-13(14)11(9-10)5-6-12-3-2-8-15-12/h2-3,8,10-11,13-14H,4-7,9H2,1H3. The molecule has 1 fully saturated rings. The van der Waals surface area contributed by atoms with Gasteiger partial charge in [-0.05, 0) is 55.4 Å². The second-order valence-electron chi connectivity index (χ2n) is 4.86. The molecule has 1 aliphatic rings. The first-order valence-electron chi connectivity index (χ1n) is 5.96. The van der Waals surface area contributed by atoms with Gasteiger partial charge in [-0.25, -0.2) is 0 Å². The first-order valence-corrected chi connectivity index (χ1v) is 6.84. The highest BCUT2D eigenvalue weighted by Crippen LogP contribution is 2.32. The van der Waals surface area contributed by atoms with E-state index >= 15 is 0 Å². The summed E-state index contributed by atoms with van der Waals surface area (Å²) in [6, 6.07) is 4.31. The van der Waals surface area contributed by atoms with Crippen LogP contribution in [0.1, 0.15) is 37.5 Å². The van der Waals surface area contributed by atoms with Gasteiger partial charge < -0.3 is 5.11 Å². The molecule has 1 aromatic rings. The van der Waals surface area contributed by atoms with Crippen LogP contribution >= 0.6 is 11.3 Å². The van der Waals surface area contributed by atoms with E-state index in [0.29, 0.717) is 5.92 Å². The van der Waals surface area contributed by atoms with Crippen LogP contribution in [-0.4, -0.2) is 11.2 Å². The third kappa shape index (κ3) is 3.05. The average Bonchev–Trinajstić information content (AvgIpc) is 2.72. The van der Waals surface area contributed by atoms with Crippen molar-refractivity contribution in [3.63, 3.8) is 0 Å². The maximum absolute atomic E-state index is 9.92. The summed E-state index contributed by atoms with van der Waals surface area (Å²) in [5.41, 5.74) is 0. The van der Waals surface area contributed by atoms with Crippen molar-refractivity contribution in [2.24, 2.45) is 11.8 Å². The normalized spacial score (nSPS) is 31.7. The molecule has 3 unspecified atom stereocenters. The zero-order chi connectivity index (χ0) is 10.7. The molecule has 0 amide bonds. The van der Waals surface area contributed by atoms with Crippen LogP contribution in [0.4, 0.5) is 0 Å². The first-order chi connectivity index (χ1) is 7.25. The van der Waals surface area contributed by atoms with Crippen molar-refractivity contribution in [2.45, 2.75) is 45.1 Å². The maximum atomic E-state index is 9.92. The second-order valence-corrected chi connectivity index (χ2v) is 5.90. The zero-order valence-corrected chi connectivity index (χ0v) is 10.2. The summed E-state index contributed by atoms with van der Waals surface area (Å²) < 4.78 is 0. The summed E-state index contributed by atoms with van der Waals surface area (Å²) in [6.07, 6.45) is 5.69. The molecule has 0 aromatic carbocycles. The Balaban J connectivity index is 1.82. The van der Waals surface area contributed by atoms with E-state index in [9.17, 15) is 5.11 Å². The molecule has 1 heterocycles. The SMILES string of the molecule is CC1CCC(O)C(CCc2cccs2)C1. The highest BCUT2D eigenvalue weighted by Gasteiger charge is 2.26. The topological polar surface area (TPSA) is 20.2 Å². The van der Waals surface area contributed by atoms with Crippen LogP contribution in [-0.2, 0) is 6.42 Å². The first kappa shape index (κ1) is 11.2. The van der Waals surface area contributed by atoms with Gasteiger partial charge in [0.2, 0.25) is 0 Å². The largest absolute Gasteiger partial charge is 0.393 e. The Morgan fingerprint density at radius 1 is 1.47 bits per heavy atom. The summed E-state index contributed by atoms with van der Waals surface area (Å²) in [5.74, 6) is 1.34. The lowest BCUT2D eigenvalue weighted by Crippen LogP contribution is -2.28. The van der Waals surface area contributed by atoms with Crippen molar-refractivity contribution in [1.82, 2.24) is 0 Å². The minimum atomic E-state index is -0.0406. The van der Waals surface area contributed by atoms with Crippen LogP contribution in [0.5, 0.6) is 0 Å². The lowest BCUT2D eigenvalue weighted by atomic mass is 9.78. The van der Waals surface area contributed by atoms with Crippen molar-refractivity contribution < 1.29 is 5.11 Å². The Morgan fingerprint density at radius 3 is 3.07 bits per heavy atom. The highest BCUT2D eigenvalue weighted by atomic mass is 32.1. The van der Waals surface area contributed by atoms with Crippen LogP contribution < -0.4 is 0 Å². The maximum Gasteiger partial charge on any atom is 0.0568 e. The van der Waals surface area contributed by atoms with Crippen LogP contribution in [0.15, 0.2) is 17.5 Å². The average molecular weight is 224 g/mol.